The fourth-order valence-electron chi connectivity index (χ4n) is 2.00. The van der Waals surface area contributed by atoms with E-state index in [4.69, 9.17) is 4.74 Å². The Bertz CT molecular complexity index is 163. The van der Waals surface area contributed by atoms with Crippen LogP contribution in [0.15, 0.2) is 0 Å². The lowest BCUT2D eigenvalue weighted by molar-refractivity contribution is -0.0272. The highest BCUT2D eigenvalue weighted by molar-refractivity contribution is 4.73. The number of piperidine rings is 1. The van der Waals surface area contributed by atoms with Crippen LogP contribution in [0.1, 0.15) is 26.7 Å². The van der Waals surface area contributed by atoms with Gasteiger partial charge in [0, 0.05) is 26.2 Å². The minimum atomic E-state index is 0.378. The molecule has 15 heavy (non-hydrogen) atoms. The zero-order chi connectivity index (χ0) is 11.3. The second-order valence-corrected chi connectivity index (χ2v) is 5.03. The van der Waals surface area contributed by atoms with E-state index in [-0.39, 0.29) is 0 Å². The van der Waals surface area contributed by atoms with E-state index in [0.29, 0.717) is 12.2 Å². The summed E-state index contributed by atoms with van der Waals surface area (Å²) in [7, 11) is 4.27. The number of likely N-dealkylation sites (N-methyl/N-ethyl adjacent to an activating group) is 1. The Morgan fingerprint density at radius 3 is 2.33 bits per heavy atom. The molecule has 1 aliphatic heterocycles. The molecule has 0 radical (unpaired) electrons. The minimum absolute atomic E-state index is 0.378. The molecule has 1 saturated heterocycles. The number of rotatable bonds is 5. The third kappa shape index (κ3) is 5.50. The maximum atomic E-state index is 5.83. The van der Waals surface area contributed by atoms with Gasteiger partial charge in [-0.25, -0.2) is 0 Å². The molecule has 3 nitrogen and oxygen atoms in total. The molecule has 0 N–H and O–H groups in total. The predicted molar refractivity (Wildman–Crippen MR) is 64.2 cm³/mol. The molecule has 0 bridgehead atoms. The lowest BCUT2D eigenvalue weighted by Gasteiger charge is -2.33. The van der Waals surface area contributed by atoms with E-state index in [9.17, 15) is 0 Å². The van der Waals surface area contributed by atoms with Crippen LogP contribution in [0, 0.1) is 0 Å². The summed E-state index contributed by atoms with van der Waals surface area (Å²) in [5, 5.41) is 0. The smallest absolute Gasteiger partial charge is 0.0603 e. The number of hydrogen-bond acceptors (Lipinski definition) is 3. The van der Waals surface area contributed by atoms with Gasteiger partial charge >= 0.3 is 0 Å². The van der Waals surface area contributed by atoms with Gasteiger partial charge in [0.2, 0.25) is 0 Å². The van der Waals surface area contributed by atoms with Crippen LogP contribution < -0.4 is 0 Å². The molecule has 90 valence electrons. The van der Waals surface area contributed by atoms with Crippen LogP contribution >= 0.6 is 0 Å². The van der Waals surface area contributed by atoms with Gasteiger partial charge in [0.05, 0.1) is 12.2 Å². The summed E-state index contributed by atoms with van der Waals surface area (Å²) in [5.74, 6) is 0. The SMILES string of the molecule is CC(C)OC1CCN(CCN(C)C)CC1. The first kappa shape index (κ1) is 12.9. The Balaban J connectivity index is 2.12. The van der Waals surface area contributed by atoms with Crippen molar-refractivity contribution in [3.05, 3.63) is 0 Å². The first-order valence-corrected chi connectivity index (χ1v) is 6.10. The van der Waals surface area contributed by atoms with E-state index < -0.39 is 0 Å². The standard InChI is InChI=1S/C12H26N2O/c1-11(2)15-12-5-7-14(8-6-12)10-9-13(3)4/h11-12H,5-10H2,1-4H3. The van der Waals surface area contributed by atoms with Crippen LogP contribution in [0.4, 0.5) is 0 Å². The Labute approximate surface area is 94.4 Å². The predicted octanol–water partition coefficient (Wildman–Crippen LogP) is 1.44. The molecule has 0 saturated carbocycles. The Kier molecular flexibility index (Phi) is 5.58. The van der Waals surface area contributed by atoms with E-state index in [0.717, 1.165) is 6.54 Å². The summed E-state index contributed by atoms with van der Waals surface area (Å²) in [6, 6.07) is 0. The number of ether oxygens (including phenoxy) is 1. The molecular formula is C12H26N2O. The molecular weight excluding hydrogens is 188 g/mol. The summed E-state index contributed by atoms with van der Waals surface area (Å²) in [6.45, 7) is 9.00. The Morgan fingerprint density at radius 2 is 1.87 bits per heavy atom. The molecule has 3 heteroatoms. The van der Waals surface area contributed by atoms with Gasteiger partial charge in [0.15, 0.2) is 0 Å². The molecule has 0 spiro atoms. The maximum absolute atomic E-state index is 5.83. The molecule has 0 aromatic heterocycles. The van der Waals surface area contributed by atoms with Gasteiger partial charge in [0.25, 0.3) is 0 Å². The fraction of sp³-hybridized carbons (Fsp3) is 1.00. The van der Waals surface area contributed by atoms with E-state index in [1.807, 2.05) is 0 Å². The van der Waals surface area contributed by atoms with Crippen LogP contribution in [0.5, 0.6) is 0 Å². The highest BCUT2D eigenvalue weighted by Crippen LogP contribution is 2.14. The topological polar surface area (TPSA) is 15.7 Å². The highest BCUT2D eigenvalue weighted by Gasteiger charge is 2.19. The third-order valence-corrected chi connectivity index (χ3v) is 2.86. The molecule has 0 aliphatic carbocycles. The minimum Gasteiger partial charge on any atom is -0.375 e. The van der Waals surface area contributed by atoms with Crippen LogP contribution in [0.25, 0.3) is 0 Å². The molecule has 1 fully saturated rings. The lowest BCUT2D eigenvalue weighted by Crippen LogP contribution is -2.40. The van der Waals surface area contributed by atoms with Gasteiger partial charge in [-0.15, -0.1) is 0 Å². The van der Waals surface area contributed by atoms with E-state index in [1.54, 1.807) is 0 Å². The summed E-state index contributed by atoms with van der Waals surface area (Å²) in [6.07, 6.45) is 3.28. The van der Waals surface area contributed by atoms with Crippen molar-refractivity contribution in [1.29, 1.82) is 0 Å². The van der Waals surface area contributed by atoms with Crippen molar-refractivity contribution in [2.75, 3.05) is 40.3 Å². The second kappa shape index (κ2) is 6.46. The van der Waals surface area contributed by atoms with Gasteiger partial charge in [0.1, 0.15) is 0 Å². The van der Waals surface area contributed by atoms with E-state index >= 15 is 0 Å². The van der Waals surface area contributed by atoms with Crippen molar-refractivity contribution in [3.8, 4) is 0 Å². The quantitative estimate of drug-likeness (QED) is 0.689. The van der Waals surface area contributed by atoms with Crippen molar-refractivity contribution < 1.29 is 4.74 Å². The van der Waals surface area contributed by atoms with Crippen molar-refractivity contribution in [2.24, 2.45) is 0 Å². The highest BCUT2D eigenvalue weighted by atomic mass is 16.5. The van der Waals surface area contributed by atoms with Gasteiger partial charge in [-0.2, -0.15) is 0 Å². The van der Waals surface area contributed by atoms with Crippen molar-refractivity contribution in [3.63, 3.8) is 0 Å². The summed E-state index contributed by atoms with van der Waals surface area (Å²) in [5.41, 5.74) is 0. The van der Waals surface area contributed by atoms with Crippen molar-refractivity contribution in [2.45, 2.75) is 38.9 Å². The van der Waals surface area contributed by atoms with Gasteiger partial charge in [-0.3, -0.25) is 0 Å². The molecule has 0 atom stereocenters. The molecule has 0 aromatic rings. The molecule has 1 heterocycles. The first-order valence-electron chi connectivity index (χ1n) is 6.10. The number of nitrogens with zero attached hydrogens (tertiary/aromatic N) is 2. The maximum Gasteiger partial charge on any atom is 0.0603 e. The average Bonchev–Trinajstić information content (AvgIpc) is 2.16. The molecule has 0 unspecified atom stereocenters. The summed E-state index contributed by atoms with van der Waals surface area (Å²) >= 11 is 0. The molecule has 1 rings (SSSR count). The van der Waals surface area contributed by atoms with Crippen LogP contribution in [0.3, 0.4) is 0 Å². The van der Waals surface area contributed by atoms with Gasteiger partial charge < -0.3 is 14.5 Å². The van der Waals surface area contributed by atoms with Gasteiger partial charge in [-0.05, 0) is 40.8 Å². The lowest BCUT2D eigenvalue weighted by atomic mass is 10.1. The fourth-order valence-corrected chi connectivity index (χ4v) is 2.00. The van der Waals surface area contributed by atoms with Crippen LogP contribution in [-0.2, 0) is 4.74 Å². The second-order valence-electron chi connectivity index (χ2n) is 5.03. The first-order chi connectivity index (χ1) is 7.08. The number of hydrogen-bond donors (Lipinski definition) is 0. The summed E-state index contributed by atoms with van der Waals surface area (Å²) < 4.78 is 5.83. The summed E-state index contributed by atoms with van der Waals surface area (Å²) in [4.78, 5) is 4.79. The largest absolute Gasteiger partial charge is 0.375 e. The van der Waals surface area contributed by atoms with E-state index in [1.165, 1.54) is 32.5 Å². The zero-order valence-electron chi connectivity index (χ0n) is 10.7. The zero-order valence-corrected chi connectivity index (χ0v) is 10.7. The molecule has 0 aromatic carbocycles. The monoisotopic (exact) mass is 214 g/mol. The van der Waals surface area contributed by atoms with Crippen molar-refractivity contribution >= 4 is 0 Å². The van der Waals surface area contributed by atoms with E-state index in [2.05, 4.69) is 37.7 Å². The normalized spacial score (nSPS) is 20.4. The number of likely N-dealkylation sites (tertiary alicyclic amines) is 1. The molecule has 1 aliphatic rings. The van der Waals surface area contributed by atoms with Crippen LogP contribution in [0.2, 0.25) is 0 Å². The van der Waals surface area contributed by atoms with Crippen molar-refractivity contribution in [1.82, 2.24) is 9.80 Å². The average molecular weight is 214 g/mol. The molecule has 0 amide bonds. The Morgan fingerprint density at radius 1 is 1.27 bits per heavy atom. The third-order valence-electron chi connectivity index (χ3n) is 2.86. The van der Waals surface area contributed by atoms with Gasteiger partial charge in [-0.1, -0.05) is 0 Å². The Hall–Kier alpha value is -0.120. The van der Waals surface area contributed by atoms with Crippen LogP contribution in [-0.4, -0.2) is 62.3 Å².